The number of hydrogen-bond donors (Lipinski definition) is 2. The predicted molar refractivity (Wildman–Crippen MR) is 128 cm³/mol. The standard InChI is InChI=1S/C21H30N4O2.HI/c1-15-12-18(25(2)3)8-7-17(15)14-24-21(22)23-11-10-16-6-9-19(26-4)20(13-16)27-5;/h6-9,12-13H,10-11,14H2,1-5H3,(H3,22,23,24);1H. The number of nitrogens with zero attached hydrogens (tertiary/aromatic N) is 2. The van der Waals surface area contributed by atoms with Crippen molar-refractivity contribution in [1.82, 2.24) is 5.32 Å². The van der Waals surface area contributed by atoms with Gasteiger partial charge in [-0.25, -0.2) is 4.99 Å². The highest BCUT2D eigenvalue weighted by molar-refractivity contribution is 14.0. The highest BCUT2D eigenvalue weighted by atomic mass is 127. The Balaban J connectivity index is 0.00000392. The molecule has 0 amide bonds. The monoisotopic (exact) mass is 498 g/mol. The number of halogens is 1. The van der Waals surface area contributed by atoms with Gasteiger partial charge in [0.15, 0.2) is 17.5 Å². The first-order chi connectivity index (χ1) is 12.9. The number of rotatable bonds is 8. The average Bonchev–Trinajstić information content (AvgIpc) is 2.66. The van der Waals surface area contributed by atoms with Crippen molar-refractivity contribution in [2.24, 2.45) is 10.7 Å². The minimum atomic E-state index is 0. The van der Waals surface area contributed by atoms with Gasteiger partial charge in [0.1, 0.15) is 0 Å². The number of nitrogens with two attached hydrogens (primary N) is 1. The molecule has 0 spiro atoms. The minimum absolute atomic E-state index is 0. The second-order valence-electron chi connectivity index (χ2n) is 6.57. The van der Waals surface area contributed by atoms with E-state index in [1.807, 2.05) is 32.3 Å². The zero-order valence-corrected chi connectivity index (χ0v) is 19.6. The molecule has 3 N–H and O–H groups in total. The van der Waals surface area contributed by atoms with E-state index in [-0.39, 0.29) is 24.0 Å². The fourth-order valence-corrected chi connectivity index (χ4v) is 2.73. The second-order valence-corrected chi connectivity index (χ2v) is 6.57. The van der Waals surface area contributed by atoms with Gasteiger partial charge in [-0.05, 0) is 54.3 Å². The molecule has 0 aliphatic carbocycles. The third-order valence-electron chi connectivity index (χ3n) is 4.43. The molecule has 0 aromatic heterocycles. The number of hydrogen-bond acceptors (Lipinski definition) is 4. The molecule has 154 valence electrons. The Hall–Kier alpha value is -2.16. The molecule has 0 saturated heterocycles. The summed E-state index contributed by atoms with van der Waals surface area (Å²) in [6.45, 7) is 3.36. The van der Waals surface area contributed by atoms with Gasteiger partial charge in [0, 0.05) is 26.3 Å². The summed E-state index contributed by atoms with van der Waals surface area (Å²) in [6, 6.07) is 12.3. The van der Waals surface area contributed by atoms with Gasteiger partial charge >= 0.3 is 0 Å². The van der Waals surface area contributed by atoms with Gasteiger partial charge in [0.2, 0.25) is 0 Å². The van der Waals surface area contributed by atoms with Crippen LogP contribution in [0.3, 0.4) is 0 Å². The summed E-state index contributed by atoms with van der Waals surface area (Å²) in [5.74, 6) is 1.91. The summed E-state index contributed by atoms with van der Waals surface area (Å²) in [5, 5.41) is 3.16. The van der Waals surface area contributed by atoms with Crippen molar-refractivity contribution in [1.29, 1.82) is 0 Å². The maximum Gasteiger partial charge on any atom is 0.188 e. The lowest BCUT2D eigenvalue weighted by molar-refractivity contribution is 0.354. The van der Waals surface area contributed by atoms with Crippen LogP contribution in [0, 0.1) is 6.92 Å². The van der Waals surface area contributed by atoms with Crippen LogP contribution in [0.25, 0.3) is 0 Å². The van der Waals surface area contributed by atoms with Gasteiger partial charge in [-0.3, -0.25) is 0 Å². The van der Waals surface area contributed by atoms with Crippen LogP contribution in [0.15, 0.2) is 41.4 Å². The summed E-state index contributed by atoms with van der Waals surface area (Å²) in [4.78, 5) is 6.53. The maximum absolute atomic E-state index is 6.00. The van der Waals surface area contributed by atoms with Crippen molar-refractivity contribution >= 4 is 35.6 Å². The normalized spacial score (nSPS) is 10.8. The van der Waals surface area contributed by atoms with Crippen LogP contribution in [0.2, 0.25) is 0 Å². The first kappa shape index (κ1) is 23.9. The minimum Gasteiger partial charge on any atom is -0.493 e. The SMILES string of the molecule is COc1ccc(CCNC(N)=NCc2ccc(N(C)C)cc2C)cc1OC.I. The highest BCUT2D eigenvalue weighted by Crippen LogP contribution is 2.27. The number of methoxy groups -OCH3 is 2. The molecule has 7 heteroatoms. The van der Waals surface area contributed by atoms with Crippen LogP contribution in [0.5, 0.6) is 11.5 Å². The zero-order valence-electron chi connectivity index (χ0n) is 17.3. The van der Waals surface area contributed by atoms with Gasteiger partial charge in [-0.1, -0.05) is 12.1 Å². The van der Waals surface area contributed by atoms with Crippen molar-refractivity contribution in [2.75, 3.05) is 39.8 Å². The molecule has 0 heterocycles. The Morgan fingerprint density at radius 2 is 1.79 bits per heavy atom. The van der Waals surface area contributed by atoms with Gasteiger partial charge in [-0.15, -0.1) is 24.0 Å². The van der Waals surface area contributed by atoms with Gasteiger partial charge in [0.05, 0.1) is 20.8 Å². The molecule has 28 heavy (non-hydrogen) atoms. The smallest absolute Gasteiger partial charge is 0.188 e. The number of nitrogens with one attached hydrogen (secondary N) is 1. The molecule has 0 aliphatic rings. The van der Waals surface area contributed by atoms with Crippen LogP contribution in [0.4, 0.5) is 5.69 Å². The third-order valence-corrected chi connectivity index (χ3v) is 4.43. The fourth-order valence-electron chi connectivity index (χ4n) is 2.73. The Morgan fingerprint density at radius 1 is 1.07 bits per heavy atom. The Labute approximate surface area is 185 Å². The number of guanidine groups is 1. The largest absolute Gasteiger partial charge is 0.493 e. The summed E-state index contributed by atoms with van der Waals surface area (Å²) in [5.41, 5.74) is 10.7. The molecule has 0 bridgehead atoms. The van der Waals surface area contributed by atoms with Crippen LogP contribution in [-0.2, 0) is 13.0 Å². The van der Waals surface area contributed by atoms with Crippen molar-refractivity contribution < 1.29 is 9.47 Å². The number of aliphatic imine (C=N–C) groups is 1. The number of benzene rings is 2. The molecule has 2 aromatic rings. The Morgan fingerprint density at radius 3 is 2.39 bits per heavy atom. The van der Waals surface area contributed by atoms with E-state index in [4.69, 9.17) is 15.2 Å². The quantitative estimate of drug-likeness (QED) is 0.332. The molecule has 0 saturated carbocycles. The van der Waals surface area contributed by atoms with Gasteiger partial charge in [0.25, 0.3) is 0 Å². The highest BCUT2D eigenvalue weighted by Gasteiger charge is 2.05. The first-order valence-electron chi connectivity index (χ1n) is 8.96. The zero-order chi connectivity index (χ0) is 19.8. The lowest BCUT2D eigenvalue weighted by Crippen LogP contribution is -2.33. The van der Waals surface area contributed by atoms with E-state index in [2.05, 4.69) is 40.3 Å². The second kappa shape index (κ2) is 11.6. The van der Waals surface area contributed by atoms with E-state index in [0.717, 1.165) is 23.5 Å². The van der Waals surface area contributed by atoms with E-state index < -0.39 is 0 Å². The summed E-state index contributed by atoms with van der Waals surface area (Å²) < 4.78 is 10.6. The molecule has 0 fully saturated rings. The lowest BCUT2D eigenvalue weighted by Gasteiger charge is -2.14. The summed E-state index contributed by atoms with van der Waals surface area (Å²) in [6.07, 6.45) is 0.813. The summed E-state index contributed by atoms with van der Waals surface area (Å²) in [7, 11) is 7.34. The average molecular weight is 498 g/mol. The molecular formula is C21H31IN4O2. The van der Waals surface area contributed by atoms with Crippen molar-refractivity contribution in [3.8, 4) is 11.5 Å². The van der Waals surface area contributed by atoms with E-state index in [1.54, 1.807) is 14.2 Å². The molecule has 0 atom stereocenters. The molecule has 0 unspecified atom stereocenters. The molecule has 2 rings (SSSR count). The number of anilines is 1. The fraction of sp³-hybridized carbons (Fsp3) is 0.381. The van der Waals surface area contributed by atoms with E-state index in [1.165, 1.54) is 16.8 Å². The third kappa shape index (κ3) is 6.78. The van der Waals surface area contributed by atoms with Gasteiger partial charge < -0.3 is 25.4 Å². The maximum atomic E-state index is 6.00. The predicted octanol–water partition coefficient (Wildman–Crippen LogP) is 3.34. The van der Waals surface area contributed by atoms with Crippen molar-refractivity contribution in [3.05, 3.63) is 53.1 Å². The molecule has 2 aromatic carbocycles. The lowest BCUT2D eigenvalue weighted by atomic mass is 10.1. The van der Waals surface area contributed by atoms with Gasteiger partial charge in [-0.2, -0.15) is 0 Å². The topological polar surface area (TPSA) is 72.1 Å². The Bertz CT molecular complexity index is 794. The van der Waals surface area contributed by atoms with Crippen LogP contribution >= 0.6 is 24.0 Å². The molecule has 0 radical (unpaired) electrons. The molecule has 6 nitrogen and oxygen atoms in total. The van der Waals surface area contributed by atoms with E-state index >= 15 is 0 Å². The van der Waals surface area contributed by atoms with Crippen molar-refractivity contribution in [2.45, 2.75) is 19.9 Å². The van der Waals surface area contributed by atoms with Crippen LogP contribution in [-0.4, -0.2) is 40.8 Å². The van der Waals surface area contributed by atoms with Crippen LogP contribution < -0.4 is 25.4 Å². The van der Waals surface area contributed by atoms with Crippen molar-refractivity contribution in [3.63, 3.8) is 0 Å². The number of ether oxygens (including phenoxy) is 2. The van der Waals surface area contributed by atoms with E-state index in [9.17, 15) is 0 Å². The number of aryl methyl sites for hydroxylation is 1. The molecule has 0 aliphatic heterocycles. The summed E-state index contributed by atoms with van der Waals surface area (Å²) >= 11 is 0. The van der Waals surface area contributed by atoms with Crippen LogP contribution in [0.1, 0.15) is 16.7 Å². The Kier molecular flexibility index (Phi) is 9.92. The van der Waals surface area contributed by atoms with E-state index in [0.29, 0.717) is 19.0 Å². The molecular weight excluding hydrogens is 467 g/mol. The first-order valence-corrected chi connectivity index (χ1v) is 8.96.